The Morgan fingerprint density at radius 1 is 1.29 bits per heavy atom. The van der Waals surface area contributed by atoms with Crippen molar-refractivity contribution in [1.82, 2.24) is 4.98 Å². The van der Waals surface area contributed by atoms with E-state index in [4.69, 9.17) is 4.74 Å². The minimum absolute atomic E-state index is 0.235. The van der Waals surface area contributed by atoms with E-state index in [1.807, 2.05) is 4.90 Å². The second kappa shape index (κ2) is 8.42. The molecule has 2 heterocycles. The van der Waals surface area contributed by atoms with Crippen LogP contribution in [0.15, 0.2) is 36.5 Å². The van der Waals surface area contributed by atoms with Crippen LogP contribution in [0.1, 0.15) is 23.2 Å². The van der Waals surface area contributed by atoms with E-state index < -0.39 is 29.2 Å². The quantitative estimate of drug-likeness (QED) is 0.459. The molecule has 1 aromatic carbocycles. The molecule has 146 valence electrons. The molecule has 1 aliphatic rings. The number of non-ortho nitro benzene ring substituents is 1. The van der Waals surface area contributed by atoms with Crippen molar-refractivity contribution < 1.29 is 23.6 Å². The third kappa shape index (κ3) is 4.40. The van der Waals surface area contributed by atoms with Crippen LogP contribution < -0.4 is 10.2 Å². The van der Waals surface area contributed by atoms with Crippen LogP contribution in [0, 0.1) is 15.9 Å². The fraction of sp³-hybridized carbons (Fsp3) is 0.278. The monoisotopic (exact) mass is 388 g/mol. The molecule has 0 radical (unpaired) electrons. The standard InChI is InChI=1S/C18H17FN4O5/c19-14-6-5-12(23(26)27)10-15(14)21-16(24)11-28-18(25)13-4-3-7-20-17(13)22-8-1-2-9-22/h3-7,10H,1-2,8-9,11H2,(H,21,24). The number of nitro benzene ring substituents is 1. The van der Waals surface area contributed by atoms with E-state index in [-0.39, 0.29) is 16.9 Å². The van der Waals surface area contributed by atoms with Gasteiger partial charge in [0.25, 0.3) is 11.6 Å². The molecule has 1 aromatic heterocycles. The first-order valence-electron chi connectivity index (χ1n) is 8.56. The number of esters is 1. The Hall–Kier alpha value is -3.56. The number of benzene rings is 1. The Balaban J connectivity index is 1.63. The Morgan fingerprint density at radius 2 is 2.04 bits per heavy atom. The number of ether oxygens (including phenoxy) is 1. The number of anilines is 2. The minimum atomic E-state index is -0.839. The summed E-state index contributed by atoms with van der Waals surface area (Å²) in [6, 6.07) is 5.89. The summed E-state index contributed by atoms with van der Waals surface area (Å²) in [7, 11) is 0. The molecule has 0 saturated carbocycles. The van der Waals surface area contributed by atoms with Crippen molar-refractivity contribution in [1.29, 1.82) is 0 Å². The predicted molar refractivity (Wildman–Crippen MR) is 97.7 cm³/mol. The third-order valence-corrected chi connectivity index (χ3v) is 4.18. The van der Waals surface area contributed by atoms with E-state index in [2.05, 4.69) is 10.3 Å². The first kappa shape index (κ1) is 19.2. The van der Waals surface area contributed by atoms with Crippen molar-refractivity contribution in [2.45, 2.75) is 12.8 Å². The average molecular weight is 388 g/mol. The summed E-state index contributed by atoms with van der Waals surface area (Å²) in [4.78, 5) is 40.6. The highest BCUT2D eigenvalue weighted by Gasteiger charge is 2.22. The van der Waals surface area contributed by atoms with Gasteiger partial charge in [-0.1, -0.05) is 0 Å². The predicted octanol–water partition coefficient (Wildman–Crippen LogP) is 2.52. The molecule has 9 nitrogen and oxygen atoms in total. The number of nitrogens with one attached hydrogen (secondary N) is 1. The number of rotatable bonds is 6. The Labute approximate surface area is 159 Å². The van der Waals surface area contributed by atoms with Crippen LogP contribution in [0.25, 0.3) is 0 Å². The lowest BCUT2D eigenvalue weighted by molar-refractivity contribution is -0.384. The molecule has 28 heavy (non-hydrogen) atoms. The Bertz CT molecular complexity index is 915. The number of nitrogens with zero attached hydrogens (tertiary/aromatic N) is 3. The van der Waals surface area contributed by atoms with Gasteiger partial charge in [0.05, 0.1) is 10.6 Å². The zero-order valence-corrected chi connectivity index (χ0v) is 14.8. The highest BCUT2D eigenvalue weighted by Crippen LogP contribution is 2.23. The first-order valence-corrected chi connectivity index (χ1v) is 8.56. The lowest BCUT2D eigenvalue weighted by Crippen LogP contribution is -2.25. The van der Waals surface area contributed by atoms with Gasteiger partial charge in [-0.05, 0) is 31.0 Å². The van der Waals surface area contributed by atoms with E-state index in [0.29, 0.717) is 5.82 Å². The number of carbonyl (C=O) groups is 2. The Morgan fingerprint density at radius 3 is 2.75 bits per heavy atom. The van der Waals surface area contributed by atoms with Gasteiger partial charge in [-0.25, -0.2) is 14.2 Å². The SMILES string of the molecule is O=C(COC(=O)c1cccnc1N1CCCC1)Nc1cc([N+](=O)[O-])ccc1F. The number of nitro groups is 1. The zero-order valence-electron chi connectivity index (χ0n) is 14.8. The van der Waals surface area contributed by atoms with Crippen LogP contribution >= 0.6 is 0 Å². The summed E-state index contributed by atoms with van der Waals surface area (Å²) in [6.45, 7) is 0.892. The fourth-order valence-electron chi connectivity index (χ4n) is 2.85. The maximum absolute atomic E-state index is 13.7. The molecule has 1 fully saturated rings. The van der Waals surface area contributed by atoms with Crippen LogP contribution in [0.3, 0.4) is 0 Å². The maximum Gasteiger partial charge on any atom is 0.342 e. The maximum atomic E-state index is 13.7. The van der Waals surface area contributed by atoms with Gasteiger partial charge in [-0.15, -0.1) is 0 Å². The van der Waals surface area contributed by atoms with E-state index in [1.165, 1.54) is 0 Å². The topological polar surface area (TPSA) is 115 Å². The van der Waals surface area contributed by atoms with Gasteiger partial charge in [-0.2, -0.15) is 0 Å². The van der Waals surface area contributed by atoms with Crippen LogP contribution in [-0.2, 0) is 9.53 Å². The highest BCUT2D eigenvalue weighted by molar-refractivity contribution is 5.98. The number of halogens is 1. The first-order chi connectivity index (χ1) is 13.5. The highest BCUT2D eigenvalue weighted by atomic mass is 19.1. The smallest absolute Gasteiger partial charge is 0.342 e. The summed E-state index contributed by atoms with van der Waals surface area (Å²) in [6.07, 6.45) is 3.58. The van der Waals surface area contributed by atoms with Gasteiger partial charge < -0.3 is 15.0 Å². The Kier molecular flexibility index (Phi) is 5.78. The molecular weight excluding hydrogens is 371 g/mol. The third-order valence-electron chi connectivity index (χ3n) is 4.18. The molecule has 0 spiro atoms. The largest absolute Gasteiger partial charge is 0.452 e. The van der Waals surface area contributed by atoms with E-state index in [9.17, 15) is 24.1 Å². The van der Waals surface area contributed by atoms with Crippen molar-refractivity contribution in [2.75, 3.05) is 29.9 Å². The molecular formula is C18H17FN4O5. The van der Waals surface area contributed by atoms with Gasteiger partial charge in [0.2, 0.25) is 0 Å². The molecule has 2 aromatic rings. The summed E-state index contributed by atoms with van der Waals surface area (Å²) in [5, 5.41) is 12.9. The van der Waals surface area contributed by atoms with E-state index in [1.54, 1.807) is 18.3 Å². The van der Waals surface area contributed by atoms with Crippen molar-refractivity contribution in [2.24, 2.45) is 0 Å². The summed E-state index contributed by atoms with van der Waals surface area (Å²) in [5.74, 6) is -1.90. The number of hydrogen-bond acceptors (Lipinski definition) is 7. The van der Waals surface area contributed by atoms with Gasteiger partial charge >= 0.3 is 5.97 Å². The number of pyridine rings is 1. The van der Waals surface area contributed by atoms with Crippen LogP contribution in [0.2, 0.25) is 0 Å². The number of carbonyl (C=O) groups excluding carboxylic acids is 2. The van der Waals surface area contributed by atoms with Gasteiger partial charge in [0, 0.05) is 31.4 Å². The summed E-state index contributed by atoms with van der Waals surface area (Å²) >= 11 is 0. The molecule has 10 heteroatoms. The van der Waals surface area contributed by atoms with Crippen molar-refractivity contribution in [3.8, 4) is 0 Å². The molecule has 1 saturated heterocycles. The van der Waals surface area contributed by atoms with Crippen LogP contribution in [0.4, 0.5) is 21.6 Å². The van der Waals surface area contributed by atoms with Gasteiger partial charge in [0.15, 0.2) is 6.61 Å². The van der Waals surface area contributed by atoms with Crippen LogP contribution in [0.5, 0.6) is 0 Å². The average Bonchev–Trinajstić information content (AvgIpc) is 3.22. The molecule has 3 rings (SSSR count). The van der Waals surface area contributed by atoms with Gasteiger partial charge in [-0.3, -0.25) is 14.9 Å². The van der Waals surface area contributed by atoms with Crippen LogP contribution in [-0.4, -0.2) is 41.5 Å². The zero-order chi connectivity index (χ0) is 20.1. The molecule has 0 atom stereocenters. The van der Waals surface area contributed by atoms with Crippen molar-refractivity contribution in [3.05, 3.63) is 58.0 Å². The molecule has 1 N–H and O–H groups in total. The second-order valence-corrected chi connectivity index (χ2v) is 6.11. The number of hydrogen-bond donors (Lipinski definition) is 1. The van der Waals surface area contributed by atoms with E-state index in [0.717, 1.165) is 44.1 Å². The molecule has 0 unspecified atom stereocenters. The number of aromatic nitrogens is 1. The fourth-order valence-corrected chi connectivity index (χ4v) is 2.85. The molecule has 1 aliphatic heterocycles. The second-order valence-electron chi connectivity index (χ2n) is 6.11. The summed E-state index contributed by atoms with van der Waals surface area (Å²) in [5.41, 5.74) is -0.507. The lowest BCUT2D eigenvalue weighted by atomic mass is 10.2. The van der Waals surface area contributed by atoms with Crippen molar-refractivity contribution in [3.63, 3.8) is 0 Å². The van der Waals surface area contributed by atoms with Crippen molar-refractivity contribution >= 4 is 29.1 Å². The number of amides is 1. The minimum Gasteiger partial charge on any atom is -0.452 e. The molecule has 0 bridgehead atoms. The summed E-state index contributed by atoms with van der Waals surface area (Å²) < 4.78 is 18.7. The molecule has 0 aliphatic carbocycles. The normalized spacial score (nSPS) is 13.2. The lowest BCUT2D eigenvalue weighted by Gasteiger charge is -2.18. The van der Waals surface area contributed by atoms with Gasteiger partial charge in [0.1, 0.15) is 17.2 Å². The van der Waals surface area contributed by atoms with E-state index >= 15 is 0 Å². The molecule has 1 amide bonds.